The minimum Gasteiger partial charge on any atom is -0.504 e. The molecule has 0 amide bonds. The third-order valence-corrected chi connectivity index (χ3v) is 4.40. The van der Waals surface area contributed by atoms with E-state index in [-0.39, 0.29) is 17.3 Å². The molecule has 5 heteroatoms. The van der Waals surface area contributed by atoms with E-state index in [9.17, 15) is 9.90 Å². The van der Waals surface area contributed by atoms with Crippen molar-refractivity contribution in [1.29, 1.82) is 0 Å². The van der Waals surface area contributed by atoms with Crippen molar-refractivity contribution >= 4 is 23.5 Å². The average Bonchev–Trinajstić information content (AvgIpc) is 2.83. The third kappa shape index (κ3) is 2.55. The van der Waals surface area contributed by atoms with Crippen molar-refractivity contribution in [1.82, 2.24) is 0 Å². The predicted molar refractivity (Wildman–Crippen MR) is 88.5 cm³/mol. The quantitative estimate of drug-likeness (QED) is 0.835. The van der Waals surface area contributed by atoms with Crippen molar-refractivity contribution in [3.63, 3.8) is 0 Å². The van der Waals surface area contributed by atoms with Crippen molar-refractivity contribution in [3.8, 4) is 17.2 Å². The van der Waals surface area contributed by atoms with E-state index in [4.69, 9.17) is 21.1 Å². The molecule has 2 aromatic rings. The van der Waals surface area contributed by atoms with E-state index in [1.54, 1.807) is 24.3 Å². The van der Waals surface area contributed by atoms with Gasteiger partial charge in [-0.25, -0.2) is 0 Å². The number of carbonyl (C=O) groups excluding carboxylic acids is 1. The first-order valence-electron chi connectivity index (χ1n) is 7.03. The molecular formula is C18H15ClO4. The Labute approximate surface area is 138 Å². The first-order valence-corrected chi connectivity index (χ1v) is 7.41. The zero-order valence-corrected chi connectivity index (χ0v) is 13.7. The van der Waals surface area contributed by atoms with Crippen LogP contribution in [0.1, 0.15) is 27.0 Å². The molecule has 0 unspecified atom stereocenters. The Bertz CT molecular complexity index is 853. The average molecular weight is 331 g/mol. The Balaban J connectivity index is 2.04. The van der Waals surface area contributed by atoms with Crippen LogP contribution in [0.15, 0.2) is 30.0 Å². The second-order valence-electron chi connectivity index (χ2n) is 5.38. The van der Waals surface area contributed by atoms with Crippen molar-refractivity contribution in [3.05, 3.63) is 57.3 Å². The molecular weight excluding hydrogens is 316 g/mol. The van der Waals surface area contributed by atoms with Crippen molar-refractivity contribution < 1.29 is 19.4 Å². The first-order chi connectivity index (χ1) is 10.9. The molecule has 0 radical (unpaired) electrons. The molecule has 1 N–H and O–H groups in total. The van der Waals surface area contributed by atoms with Gasteiger partial charge in [0, 0.05) is 5.02 Å². The van der Waals surface area contributed by atoms with E-state index in [0.29, 0.717) is 27.6 Å². The lowest BCUT2D eigenvalue weighted by atomic mass is 10.0. The number of aromatic hydroxyl groups is 1. The van der Waals surface area contributed by atoms with E-state index >= 15 is 0 Å². The fourth-order valence-electron chi connectivity index (χ4n) is 2.60. The molecule has 2 aromatic carbocycles. The van der Waals surface area contributed by atoms with Crippen LogP contribution < -0.4 is 9.47 Å². The fraction of sp³-hybridized carbons (Fsp3) is 0.167. The molecule has 0 atom stereocenters. The summed E-state index contributed by atoms with van der Waals surface area (Å²) in [7, 11) is 1.47. The van der Waals surface area contributed by atoms with E-state index in [1.165, 1.54) is 13.2 Å². The van der Waals surface area contributed by atoms with E-state index in [2.05, 4.69) is 0 Å². The van der Waals surface area contributed by atoms with E-state index in [1.807, 2.05) is 13.8 Å². The Morgan fingerprint density at radius 2 is 2.00 bits per heavy atom. The van der Waals surface area contributed by atoms with Crippen molar-refractivity contribution in [2.45, 2.75) is 13.8 Å². The monoisotopic (exact) mass is 330 g/mol. The van der Waals surface area contributed by atoms with Crippen molar-refractivity contribution in [2.24, 2.45) is 0 Å². The number of phenols is 1. The molecule has 3 rings (SSSR count). The predicted octanol–water partition coefficient (Wildman–Crippen LogP) is 4.29. The molecule has 4 nitrogen and oxygen atoms in total. The Morgan fingerprint density at radius 3 is 2.70 bits per heavy atom. The largest absolute Gasteiger partial charge is 0.504 e. The maximum atomic E-state index is 12.6. The maximum Gasteiger partial charge on any atom is 0.232 e. The number of halogens is 1. The maximum absolute atomic E-state index is 12.6. The van der Waals surface area contributed by atoms with Gasteiger partial charge in [0.1, 0.15) is 5.75 Å². The highest BCUT2D eigenvalue weighted by Gasteiger charge is 2.30. The molecule has 0 aromatic heterocycles. The second-order valence-corrected chi connectivity index (χ2v) is 5.75. The minimum atomic E-state index is -0.202. The third-order valence-electron chi connectivity index (χ3n) is 3.82. The van der Waals surface area contributed by atoms with Crippen LogP contribution >= 0.6 is 11.6 Å². The lowest BCUT2D eigenvalue weighted by molar-refractivity contribution is 0.101. The SMILES string of the molecule is COc1cc(C=C2Oc3cc(C)c(Cl)c(C)c3C2=O)ccc1O. The number of phenolic OH excluding ortho intramolecular Hbond substituents is 1. The summed E-state index contributed by atoms with van der Waals surface area (Å²) in [6, 6.07) is 6.58. The Hall–Kier alpha value is -2.46. The van der Waals surface area contributed by atoms with Crippen LogP contribution in [0.4, 0.5) is 0 Å². The molecule has 118 valence electrons. The van der Waals surface area contributed by atoms with E-state index < -0.39 is 0 Å². The topological polar surface area (TPSA) is 55.8 Å². The summed E-state index contributed by atoms with van der Waals surface area (Å²) in [4.78, 5) is 12.6. The van der Waals surface area contributed by atoms with Gasteiger partial charge in [-0.05, 0) is 54.8 Å². The van der Waals surface area contributed by atoms with Gasteiger partial charge in [0.05, 0.1) is 12.7 Å². The number of ether oxygens (including phenoxy) is 2. The molecule has 0 fully saturated rings. The summed E-state index contributed by atoms with van der Waals surface area (Å²) in [5, 5.41) is 10.2. The van der Waals surface area contributed by atoms with Gasteiger partial charge in [-0.2, -0.15) is 0 Å². The van der Waals surface area contributed by atoms with Crippen LogP contribution in [0.25, 0.3) is 6.08 Å². The minimum absolute atomic E-state index is 0.0369. The molecule has 0 bridgehead atoms. The highest BCUT2D eigenvalue weighted by molar-refractivity contribution is 6.33. The van der Waals surface area contributed by atoms with Crippen molar-refractivity contribution in [2.75, 3.05) is 7.11 Å². The first kappa shape index (κ1) is 15.4. The molecule has 0 saturated heterocycles. The van der Waals surface area contributed by atoms with Gasteiger partial charge in [-0.1, -0.05) is 17.7 Å². The zero-order valence-electron chi connectivity index (χ0n) is 12.9. The summed E-state index contributed by atoms with van der Waals surface area (Å²) >= 11 is 6.22. The summed E-state index contributed by atoms with van der Waals surface area (Å²) in [5.41, 5.74) is 2.77. The summed E-state index contributed by atoms with van der Waals surface area (Å²) in [6.45, 7) is 3.68. The van der Waals surface area contributed by atoms with Gasteiger partial charge < -0.3 is 14.6 Å². The molecule has 1 aliphatic rings. The molecule has 0 saturated carbocycles. The van der Waals surface area contributed by atoms with Gasteiger partial charge in [-0.3, -0.25) is 4.79 Å². The Kier molecular flexibility index (Phi) is 3.78. The second kappa shape index (κ2) is 5.63. The van der Waals surface area contributed by atoms with Crippen LogP contribution in [-0.4, -0.2) is 18.0 Å². The lowest BCUT2D eigenvalue weighted by Crippen LogP contribution is -2.00. The van der Waals surface area contributed by atoms with Crippen LogP contribution in [0.5, 0.6) is 17.2 Å². The molecule has 1 aliphatic heterocycles. The number of Topliss-reactive ketones (excluding diaryl/α,β-unsaturated/α-hetero) is 1. The number of rotatable bonds is 2. The number of fused-ring (bicyclic) bond motifs is 1. The number of aryl methyl sites for hydroxylation is 1. The smallest absolute Gasteiger partial charge is 0.232 e. The number of ketones is 1. The van der Waals surface area contributed by atoms with Crippen LogP contribution in [0, 0.1) is 13.8 Å². The number of benzene rings is 2. The van der Waals surface area contributed by atoms with Gasteiger partial charge in [-0.15, -0.1) is 0 Å². The molecule has 23 heavy (non-hydrogen) atoms. The number of allylic oxidation sites excluding steroid dienone is 1. The van der Waals surface area contributed by atoms with Gasteiger partial charge in [0.2, 0.25) is 5.78 Å². The number of hydrogen-bond donors (Lipinski definition) is 1. The highest BCUT2D eigenvalue weighted by atomic mass is 35.5. The molecule has 1 heterocycles. The molecule has 0 aliphatic carbocycles. The standard InChI is InChI=1S/C18H15ClO4/c1-9-6-14-16(10(2)17(9)19)18(21)15(23-14)8-11-4-5-12(20)13(7-11)22-3/h4-8,20H,1-3H3. The molecule has 0 spiro atoms. The lowest BCUT2D eigenvalue weighted by Gasteiger charge is -2.06. The fourth-order valence-corrected chi connectivity index (χ4v) is 2.75. The number of carbonyl (C=O) groups is 1. The van der Waals surface area contributed by atoms with Crippen LogP contribution in [0.3, 0.4) is 0 Å². The number of methoxy groups -OCH3 is 1. The summed E-state index contributed by atoms with van der Waals surface area (Å²) in [5.74, 6) is 0.905. The Morgan fingerprint density at radius 1 is 1.26 bits per heavy atom. The van der Waals surface area contributed by atoms with Crippen LogP contribution in [0.2, 0.25) is 5.02 Å². The van der Waals surface area contributed by atoms with Gasteiger partial charge in [0.25, 0.3) is 0 Å². The normalized spacial score (nSPS) is 14.8. The summed E-state index contributed by atoms with van der Waals surface area (Å²) in [6.07, 6.45) is 1.62. The van der Waals surface area contributed by atoms with Gasteiger partial charge in [0.15, 0.2) is 17.3 Å². The highest BCUT2D eigenvalue weighted by Crippen LogP contribution is 2.39. The summed E-state index contributed by atoms with van der Waals surface area (Å²) < 4.78 is 10.8. The number of hydrogen-bond acceptors (Lipinski definition) is 4. The van der Waals surface area contributed by atoms with Crippen LogP contribution in [-0.2, 0) is 0 Å². The van der Waals surface area contributed by atoms with E-state index in [0.717, 1.165) is 11.1 Å². The van der Waals surface area contributed by atoms with Gasteiger partial charge >= 0.3 is 0 Å². The zero-order chi connectivity index (χ0) is 16.7.